The number of anilines is 1. The van der Waals surface area contributed by atoms with Gasteiger partial charge in [0.05, 0.1) is 30.7 Å². The molecule has 8 heteroatoms. The number of hydrogen-bond donors (Lipinski definition) is 0. The predicted molar refractivity (Wildman–Crippen MR) is 135 cm³/mol. The number of hydrogen-bond acceptors (Lipinski definition) is 6. The molecule has 0 saturated heterocycles. The van der Waals surface area contributed by atoms with Crippen LogP contribution < -0.4 is 9.64 Å². The van der Waals surface area contributed by atoms with Crippen molar-refractivity contribution in [2.45, 2.75) is 58.8 Å². The standard InChI is InChI=1S/C26H33NO6S/c1-17(33-34(8,29)30)21-16-26(5,6)27(24(28)32-25(2,3)4)22-14-13-18(15-20(21)22)19-11-9-10-12-23(19)31-7/h9-17H,1-8H3. The van der Waals surface area contributed by atoms with E-state index in [1.165, 1.54) is 0 Å². The van der Waals surface area contributed by atoms with E-state index >= 15 is 0 Å². The van der Waals surface area contributed by atoms with Crippen molar-refractivity contribution in [3.8, 4) is 16.9 Å². The van der Waals surface area contributed by atoms with E-state index in [-0.39, 0.29) is 0 Å². The zero-order valence-electron chi connectivity index (χ0n) is 21.0. The van der Waals surface area contributed by atoms with E-state index in [1.807, 2.05) is 83.2 Å². The monoisotopic (exact) mass is 487 g/mol. The first kappa shape index (κ1) is 25.8. The topological polar surface area (TPSA) is 82.1 Å². The van der Waals surface area contributed by atoms with Crippen LogP contribution in [0.25, 0.3) is 16.7 Å². The maximum atomic E-state index is 13.3. The minimum absolute atomic E-state index is 0.490. The molecule has 0 fully saturated rings. The first-order valence-corrected chi connectivity index (χ1v) is 12.9. The van der Waals surface area contributed by atoms with Crippen LogP contribution >= 0.6 is 0 Å². The summed E-state index contributed by atoms with van der Waals surface area (Å²) < 4.78 is 40.4. The molecule has 0 aromatic heterocycles. The molecule has 0 spiro atoms. The van der Waals surface area contributed by atoms with Crippen LogP contribution in [0, 0.1) is 0 Å². The van der Waals surface area contributed by atoms with Gasteiger partial charge in [0, 0.05) is 11.1 Å². The summed E-state index contributed by atoms with van der Waals surface area (Å²) in [7, 11) is -2.10. The Balaban J connectivity index is 2.23. The highest BCUT2D eigenvalue weighted by atomic mass is 32.2. The zero-order chi connectivity index (χ0) is 25.5. The van der Waals surface area contributed by atoms with Crippen molar-refractivity contribution in [2.75, 3.05) is 18.3 Å². The summed E-state index contributed by atoms with van der Waals surface area (Å²) in [6.07, 6.45) is 1.63. The van der Waals surface area contributed by atoms with Crippen molar-refractivity contribution < 1.29 is 26.9 Å². The normalized spacial score (nSPS) is 16.4. The molecular formula is C26H33NO6S. The molecule has 34 heavy (non-hydrogen) atoms. The summed E-state index contributed by atoms with van der Waals surface area (Å²) in [6, 6.07) is 13.3. The van der Waals surface area contributed by atoms with Crippen LogP contribution in [-0.4, -0.2) is 45.1 Å². The van der Waals surface area contributed by atoms with Gasteiger partial charge in [-0.3, -0.25) is 9.08 Å². The number of fused-ring (bicyclic) bond motifs is 1. The second-order valence-corrected chi connectivity index (χ2v) is 11.5. The Hall–Kier alpha value is -2.84. The molecule has 0 N–H and O–H groups in total. The fraction of sp³-hybridized carbons (Fsp3) is 0.423. The lowest BCUT2D eigenvalue weighted by Crippen LogP contribution is -2.51. The van der Waals surface area contributed by atoms with Crippen LogP contribution in [0.4, 0.5) is 10.5 Å². The number of nitrogens with zero attached hydrogens (tertiary/aromatic N) is 1. The molecule has 0 radical (unpaired) electrons. The molecule has 1 unspecified atom stereocenters. The number of benzene rings is 2. The van der Waals surface area contributed by atoms with Gasteiger partial charge in [-0.25, -0.2) is 4.79 Å². The van der Waals surface area contributed by atoms with Crippen LogP contribution in [-0.2, 0) is 19.0 Å². The lowest BCUT2D eigenvalue weighted by atomic mass is 9.85. The van der Waals surface area contributed by atoms with Crippen LogP contribution in [0.3, 0.4) is 0 Å². The van der Waals surface area contributed by atoms with Crippen molar-refractivity contribution in [1.29, 1.82) is 0 Å². The van der Waals surface area contributed by atoms with E-state index in [2.05, 4.69) is 0 Å². The second kappa shape index (κ2) is 9.07. The fourth-order valence-corrected chi connectivity index (χ4v) is 4.77. The van der Waals surface area contributed by atoms with Crippen molar-refractivity contribution in [2.24, 2.45) is 0 Å². The molecule has 1 heterocycles. The van der Waals surface area contributed by atoms with E-state index in [0.29, 0.717) is 22.6 Å². The van der Waals surface area contributed by atoms with Crippen LogP contribution in [0.1, 0.15) is 47.1 Å². The van der Waals surface area contributed by atoms with Gasteiger partial charge in [0.1, 0.15) is 11.4 Å². The summed E-state index contributed by atoms with van der Waals surface area (Å²) in [6.45, 7) is 10.9. The number of ether oxygens (including phenoxy) is 2. The lowest BCUT2D eigenvalue weighted by molar-refractivity contribution is 0.0555. The molecule has 7 nitrogen and oxygen atoms in total. The van der Waals surface area contributed by atoms with Crippen LogP contribution in [0.2, 0.25) is 0 Å². The molecule has 1 aliphatic heterocycles. The number of carbonyl (C=O) groups is 1. The van der Waals surface area contributed by atoms with Crippen molar-refractivity contribution in [3.05, 3.63) is 54.1 Å². The quantitative estimate of drug-likeness (QED) is 0.507. The summed E-state index contributed by atoms with van der Waals surface area (Å²) in [5.74, 6) is 0.702. The van der Waals surface area contributed by atoms with Gasteiger partial charge in [-0.2, -0.15) is 8.42 Å². The molecule has 2 aromatic rings. The number of amides is 1. The largest absolute Gasteiger partial charge is 0.496 e. The van der Waals surface area contributed by atoms with E-state index in [9.17, 15) is 13.2 Å². The average Bonchev–Trinajstić information content (AvgIpc) is 2.69. The summed E-state index contributed by atoms with van der Waals surface area (Å²) >= 11 is 0. The van der Waals surface area contributed by atoms with E-state index in [0.717, 1.165) is 17.4 Å². The van der Waals surface area contributed by atoms with Gasteiger partial charge in [-0.1, -0.05) is 30.3 Å². The minimum atomic E-state index is -3.71. The minimum Gasteiger partial charge on any atom is -0.496 e. The van der Waals surface area contributed by atoms with Gasteiger partial charge in [0.2, 0.25) is 0 Å². The predicted octanol–water partition coefficient (Wildman–Crippen LogP) is 5.64. The van der Waals surface area contributed by atoms with Gasteiger partial charge in [0.15, 0.2) is 0 Å². The fourth-order valence-electron chi connectivity index (χ4n) is 4.14. The Kier molecular flexibility index (Phi) is 6.88. The number of rotatable bonds is 5. The first-order valence-electron chi connectivity index (χ1n) is 11.0. The smallest absolute Gasteiger partial charge is 0.415 e. The Morgan fingerprint density at radius 1 is 1.06 bits per heavy atom. The van der Waals surface area contributed by atoms with Crippen molar-refractivity contribution in [3.63, 3.8) is 0 Å². The third-order valence-corrected chi connectivity index (χ3v) is 6.02. The van der Waals surface area contributed by atoms with Gasteiger partial charge in [-0.15, -0.1) is 0 Å². The van der Waals surface area contributed by atoms with Gasteiger partial charge < -0.3 is 9.47 Å². The maximum Gasteiger partial charge on any atom is 0.415 e. The van der Waals surface area contributed by atoms with Gasteiger partial charge in [-0.05, 0) is 70.9 Å². The number of para-hydroxylation sites is 1. The van der Waals surface area contributed by atoms with Crippen molar-refractivity contribution in [1.82, 2.24) is 0 Å². The average molecular weight is 488 g/mol. The van der Waals surface area contributed by atoms with Gasteiger partial charge in [0.25, 0.3) is 10.1 Å². The van der Waals surface area contributed by atoms with E-state index in [1.54, 1.807) is 18.9 Å². The van der Waals surface area contributed by atoms with Crippen LogP contribution in [0.15, 0.2) is 48.5 Å². The second-order valence-electron chi connectivity index (χ2n) is 9.94. The SMILES string of the molecule is COc1ccccc1-c1ccc2c(c1)C(C(C)OS(C)(=O)=O)=CC(C)(C)N2C(=O)OC(C)(C)C. The third kappa shape index (κ3) is 5.62. The van der Waals surface area contributed by atoms with Crippen LogP contribution in [0.5, 0.6) is 5.75 Å². The third-order valence-electron chi connectivity index (χ3n) is 5.38. The van der Waals surface area contributed by atoms with Crippen molar-refractivity contribution >= 4 is 27.5 Å². The molecule has 0 bridgehead atoms. The Labute approximate surface area is 202 Å². The summed E-state index contributed by atoms with van der Waals surface area (Å²) in [4.78, 5) is 14.9. The molecule has 3 rings (SSSR count). The molecule has 0 saturated carbocycles. The zero-order valence-corrected chi connectivity index (χ0v) is 21.8. The molecule has 2 aromatic carbocycles. The highest BCUT2D eigenvalue weighted by Gasteiger charge is 2.40. The Morgan fingerprint density at radius 3 is 2.29 bits per heavy atom. The highest BCUT2D eigenvalue weighted by molar-refractivity contribution is 7.86. The maximum absolute atomic E-state index is 13.3. The molecule has 1 atom stereocenters. The molecule has 184 valence electrons. The molecular weight excluding hydrogens is 454 g/mol. The molecule has 1 amide bonds. The van der Waals surface area contributed by atoms with E-state index < -0.39 is 33.5 Å². The first-order chi connectivity index (χ1) is 15.6. The van der Waals surface area contributed by atoms with E-state index in [4.69, 9.17) is 13.7 Å². The molecule has 0 aliphatic carbocycles. The van der Waals surface area contributed by atoms with Gasteiger partial charge >= 0.3 is 6.09 Å². The lowest BCUT2D eigenvalue weighted by Gasteiger charge is -2.43. The Bertz CT molecular complexity index is 1220. The Morgan fingerprint density at radius 2 is 1.71 bits per heavy atom. The highest BCUT2D eigenvalue weighted by Crippen LogP contribution is 2.44. The number of methoxy groups -OCH3 is 1. The summed E-state index contributed by atoms with van der Waals surface area (Å²) in [5.41, 5.74) is 2.22. The number of carbonyl (C=O) groups excluding carboxylic acids is 1. The molecule has 1 aliphatic rings. The summed E-state index contributed by atoms with van der Waals surface area (Å²) in [5, 5.41) is 0.